The van der Waals surface area contributed by atoms with Crippen LogP contribution in [0.15, 0.2) is 12.1 Å². The molecule has 2 aromatic heterocycles. The van der Waals surface area contributed by atoms with E-state index in [9.17, 15) is 4.79 Å². The van der Waals surface area contributed by atoms with Crippen molar-refractivity contribution in [3.05, 3.63) is 38.8 Å². The monoisotopic (exact) mass is 345 g/mol. The highest BCUT2D eigenvalue weighted by atomic mass is 32.1. The standard InChI is InChI=1S/C18H23N3O2S/c1-12-8-13(2)21(19-12)10-15-4-3-6-20(15)18(22)17-9-14-11-23-7-5-16(14)24-17/h8-9,15H,3-7,10-11H2,1-2H3. The average molecular weight is 345 g/mol. The van der Waals surface area contributed by atoms with E-state index in [1.165, 1.54) is 10.4 Å². The van der Waals surface area contributed by atoms with E-state index in [4.69, 9.17) is 4.74 Å². The third-order valence-corrected chi connectivity index (χ3v) is 6.19. The van der Waals surface area contributed by atoms with Gasteiger partial charge < -0.3 is 9.64 Å². The van der Waals surface area contributed by atoms with Crippen LogP contribution in [0.4, 0.5) is 0 Å². The van der Waals surface area contributed by atoms with Crippen molar-refractivity contribution in [1.82, 2.24) is 14.7 Å². The zero-order valence-electron chi connectivity index (χ0n) is 14.2. The zero-order chi connectivity index (χ0) is 16.7. The van der Waals surface area contributed by atoms with Crippen molar-refractivity contribution in [2.45, 2.75) is 52.3 Å². The van der Waals surface area contributed by atoms with E-state index >= 15 is 0 Å². The Morgan fingerprint density at radius 1 is 1.42 bits per heavy atom. The highest BCUT2D eigenvalue weighted by molar-refractivity contribution is 7.14. The summed E-state index contributed by atoms with van der Waals surface area (Å²) in [5, 5.41) is 4.56. The van der Waals surface area contributed by atoms with Gasteiger partial charge in [0.15, 0.2) is 0 Å². The molecule has 2 aliphatic rings. The molecule has 1 amide bonds. The molecule has 128 valence electrons. The molecule has 1 fully saturated rings. The van der Waals surface area contributed by atoms with Crippen molar-refractivity contribution in [3.8, 4) is 0 Å². The number of nitrogens with zero attached hydrogens (tertiary/aromatic N) is 3. The number of aryl methyl sites for hydroxylation is 2. The molecule has 24 heavy (non-hydrogen) atoms. The lowest BCUT2D eigenvalue weighted by molar-refractivity contribution is 0.0725. The first-order valence-electron chi connectivity index (χ1n) is 8.63. The maximum absolute atomic E-state index is 13.0. The maximum atomic E-state index is 13.0. The SMILES string of the molecule is Cc1cc(C)n(CC2CCCN2C(=O)c2cc3c(s2)CCOC3)n1. The van der Waals surface area contributed by atoms with E-state index < -0.39 is 0 Å². The largest absolute Gasteiger partial charge is 0.376 e. The molecule has 4 heterocycles. The summed E-state index contributed by atoms with van der Waals surface area (Å²) in [6.45, 7) is 7.15. The average Bonchev–Trinajstić information content (AvgIpc) is 3.26. The summed E-state index contributed by atoms with van der Waals surface area (Å²) in [5.74, 6) is 0.179. The van der Waals surface area contributed by atoms with Gasteiger partial charge in [-0.25, -0.2) is 0 Å². The number of ether oxygens (including phenoxy) is 1. The first-order chi connectivity index (χ1) is 11.6. The van der Waals surface area contributed by atoms with Crippen LogP contribution < -0.4 is 0 Å². The van der Waals surface area contributed by atoms with E-state index in [0.717, 1.165) is 55.2 Å². The lowest BCUT2D eigenvalue weighted by Gasteiger charge is -2.24. The number of aromatic nitrogens is 2. The minimum absolute atomic E-state index is 0.179. The van der Waals surface area contributed by atoms with Crippen LogP contribution in [-0.2, 0) is 24.3 Å². The van der Waals surface area contributed by atoms with Crippen molar-refractivity contribution >= 4 is 17.2 Å². The van der Waals surface area contributed by atoms with Crippen molar-refractivity contribution in [2.75, 3.05) is 13.2 Å². The van der Waals surface area contributed by atoms with Gasteiger partial charge in [-0.05, 0) is 44.4 Å². The number of carbonyl (C=O) groups excluding carboxylic acids is 1. The maximum Gasteiger partial charge on any atom is 0.264 e. The van der Waals surface area contributed by atoms with Crippen molar-refractivity contribution in [1.29, 1.82) is 0 Å². The van der Waals surface area contributed by atoms with Gasteiger partial charge in [-0.15, -0.1) is 11.3 Å². The van der Waals surface area contributed by atoms with Gasteiger partial charge in [0.05, 0.1) is 36.4 Å². The van der Waals surface area contributed by atoms with E-state index in [1.54, 1.807) is 11.3 Å². The van der Waals surface area contributed by atoms with Crippen LogP contribution in [0, 0.1) is 13.8 Å². The van der Waals surface area contributed by atoms with Gasteiger partial charge in [0.2, 0.25) is 0 Å². The van der Waals surface area contributed by atoms with Crippen molar-refractivity contribution in [2.24, 2.45) is 0 Å². The second kappa shape index (κ2) is 6.33. The van der Waals surface area contributed by atoms with Crippen LogP contribution in [-0.4, -0.2) is 39.8 Å². The summed E-state index contributed by atoms with van der Waals surface area (Å²) < 4.78 is 7.54. The van der Waals surface area contributed by atoms with Gasteiger partial charge in [-0.3, -0.25) is 9.48 Å². The van der Waals surface area contributed by atoms with E-state index in [1.807, 2.05) is 17.7 Å². The molecular weight excluding hydrogens is 322 g/mol. The van der Waals surface area contributed by atoms with Gasteiger partial charge in [-0.2, -0.15) is 5.10 Å². The lowest BCUT2D eigenvalue weighted by atomic mass is 10.2. The third kappa shape index (κ3) is 2.89. The normalized spacial score (nSPS) is 20.4. The predicted octanol–water partition coefficient (Wildman–Crippen LogP) is 2.94. The van der Waals surface area contributed by atoms with Crippen LogP contribution in [0.2, 0.25) is 0 Å². The third-order valence-electron chi connectivity index (χ3n) is 4.96. The fourth-order valence-corrected chi connectivity index (χ4v) is 4.85. The molecule has 0 aromatic carbocycles. The van der Waals surface area contributed by atoms with Crippen LogP contribution in [0.5, 0.6) is 0 Å². The van der Waals surface area contributed by atoms with Gasteiger partial charge >= 0.3 is 0 Å². The Hall–Kier alpha value is -1.66. The predicted molar refractivity (Wildman–Crippen MR) is 93.4 cm³/mol. The lowest BCUT2D eigenvalue weighted by Crippen LogP contribution is -2.38. The van der Waals surface area contributed by atoms with Crippen molar-refractivity contribution in [3.63, 3.8) is 0 Å². The number of hydrogen-bond donors (Lipinski definition) is 0. The summed E-state index contributed by atoms with van der Waals surface area (Å²) in [6, 6.07) is 4.38. The summed E-state index contributed by atoms with van der Waals surface area (Å²) >= 11 is 1.65. The van der Waals surface area contributed by atoms with Crippen LogP contribution in [0.3, 0.4) is 0 Å². The first-order valence-corrected chi connectivity index (χ1v) is 9.45. The second-order valence-electron chi connectivity index (χ2n) is 6.77. The molecule has 6 heteroatoms. The Morgan fingerprint density at radius 2 is 2.29 bits per heavy atom. The topological polar surface area (TPSA) is 47.4 Å². The minimum atomic E-state index is 0.179. The van der Waals surface area contributed by atoms with Gasteiger partial charge in [0, 0.05) is 23.5 Å². The smallest absolute Gasteiger partial charge is 0.264 e. The molecule has 0 spiro atoms. The molecule has 1 unspecified atom stereocenters. The summed E-state index contributed by atoms with van der Waals surface area (Å²) in [4.78, 5) is 17.3. The Kier molecular flexibility index (Phi) is 4.18. The minimum Gasteiger partial charge on any atom is -0.376 e. The van der Waals surface area contributed by atoms with E-state index in [0.29, 0.717) is 6.61 Å². The van der Waals surface area contributed by atoms with Crippen LogP contribution >= 0.6 is 11.3 Å². The molecule has 0 bridgehead atoms. The highest BCUT2D eigenvalue weighted by Gasteiger charge is 2.31. The van der Waals surface area contributed by atoms with Gasteiger partial charge in [0.1, 0.15) is 0 Å². The summed E-state index contributed by atoms with van der Waals surface area (Å²) in [6.07, 6.45) is 3.06. The van der Waals surface area contributed by atoms with Crippen molar-refractivity contribution < 1.29 is 9.53 Å². The number of amides is 1. The quantitative estimate of drug-likeness (QED) is 0.859. The number of fused-ring (bicyclic) bond motifs is 1. The molecule has 4 rings (SSSR count). The Labute approximate surface area is 146 Å². The number of likely N-dealkylation sites (tertiary alicyclic amines) is 1. The highest BCUT2D eigenvalue weighted by Crippen LogP contribution is 2.30. The molecule has 0 saturated carbocycles. The molecule has 0 N–H and O–H groups in total. The summed E-state index contributed by atoms with van der Waals surface area (Å²) in [5.41, 5.74) is 3.40. The Morgan fingerprint density at radius 3 is 3.04 bits per heavy atom. The van der Waals surface area contributed by atoms with Gasteiger partial charge in [0.25, 0.3) is 5.91 Å². The molecular formula is C18H23N3O2S. The molecule has 2 aromatic rings. The number of thiophene rings is 1. The Balaban J connectivity index is 1.52. The fourth-order valence-electron chi connectivity index (χ4n) is 3.75. The van der Waals surface area contributed by atoms with Crippen LogP contribution in [0.1, 0.15) is 44.3 Å². The summed E-state index contributed by atoms with van der Waals surface area (Å²) in [7, 11) is 0. The number of rotatable bonds is 3. The van der Waals surface area contributed by atoms with E-state index in [-0.39, 0.29) is 11.9 Å². The zero-order valence-corrected chi connectivity index (χ0v) is 15.1. The molecule has 1 atom stereocenters. The number of hydrogen-bond acceptors (Lipinski definition) is 4. The molecule has 2 aliphatic heterocycles. The van der Waals surface area contributed by atoms with Crippen LogP contribution in [0.25, 0.3) is 0 Å². The molecule has 0 aliphatic carbocycles. The molecule has 0 radical (unpaired) electrons. The van der Waals surface area contributed by atoms with E-state index in [2.05, 4.69) is 23.0 Å². The number of carbonyl (C=O) groups is 1. The second-order valence-corrected chi connectivity index (χ2v) is 7.90. The van der Waals surface area contributed by atoms with Gasteiger partial charge in [-0.1, -0.05) is 0 Å². The first kappa shape index (κ1) is 15.8. The molecule has 1 saturated heterocycles. The fraction of sp³-hybridized carbons (Fsp3) is 0.556. The molecule has 5 nitrogen and oxygen atoms in total. The Bertz CT molecular complexity index is 741.